The number of aliphatic carboxylic acids is 1. The zero-order valence-corrected chi connectivity index (χ0v) is 12.2. The fourth-order valence-electron chi connectivity index (χ4n) is 3.37. The first-order valence-corrected chi connectivity index (χ1v) is 7.99. The van der Waals surface area contributed by atoms with Gasteiger partial charge in [0.1, 0.15) is 0 Å². The minimum atomic E-state index is -0.938. The van der Waals surface area contributed by atoms with Crippen LogP contribution in [0.5, 0.6) is 0 Å². The van der Waals surface area contributed by atoms with E-state index in [2.05, 4.69) is 5.32 Å². The second-order valence-corrected chi connectivity index (χ2v) is 6.28. The first kappa shape index (κ1) is 15.3. The fraction of sp³-hybridized carbons (Fsp3) is 0.867. The number of quaternary nitrogens is 1. The van der Waals surface area contributed by atoms with Crippen LogP contribution in [0.25, 0.3) is 0 Å². The van der Waals surface area contributed by atoms with E-state index in [1.165, 1.54) is 30.6 Å². The van der Waals surface area contributed by atoms with Crippen molar-refractivity contribution in [3.05, 3.63) is 0 Å². The van der Waals surface area contributed by atoms with Crippen LogP contribution in [0.4, 0.5) is 0 Å². The SMILES string of the molecule is O=C(C[NH+]1CCC(C(=O)[O-])CC1)NC1CCCCCC1. The molecule has 2 fully saturated rings. The average Bonchev–Trinajstić information content (AvgIpc) is 2.68. The van der Waals surface area contributed by atoms with E-state index in [1.54, 1.807) is 0 Å². The highest BCUT2D eigenvalue weighted by Gasteiger charge is 2.25. The van der Waals surface area contributed by atoms with Crippen LogP contribution in [0, 0.1) is 5.92 Å². The van der Waals surface area contributed by atoms with Gasteiger partial charge in [0.05, 0.1) is 13.1 Å². The first-order valence-electron chi connectivity index (χ1n) is 7.99. The van der Waals surface area contributed by atoms with Crippen molar-refractivity contribution in [1.82, 2.24) is 5.32 Å². The number of hydrogen-bond acceptors (Lipinski definition) is 3. The molecular formula is C15H26N2O3. The van der Waals surface area contributed by atoms with Gasteiger partial charge in [-0.3, -0.25) is 4.79 Å². The van der Waals surface area contributed by atoms with Crippen molar-refractivity contribution in [2.75, 3.05) is 19.6 Å². The summed E-state index contributed by atoms with van der Waals surface area (Å²) in [6.45, 7) is 2.00. The molecule has 2 aliphatic rings. The molecule has 1 aliphatic heterocycles. The summed E-state index contributed by atoms with van der Waals surface area (Å²) in [5.41, 5.74) is 0. The molecule has 1 heterocycles. The lowest BCUT2D eigenvalue weighted by Crippen LogP contribution is -3.14. The van der Waals surface area contributed by atoms with Gasteiger partial charge >= 0.3 is 0 Å². The zero-order valence-electron chi connectivity index (χ0n) is 12.2. The highest BCUT2D eigenvalue weighted by atomic mass is 16.4. The average molecular weight is 282 g/mol. The van der Waals surface area contributed by atoms with E-state index in [0.717, 1.165) is 25.9 Å². The summed E-state index contributed by atoms with van der Waals surface area (Å²) >= 11 is 0. The van der Waals surface area contributed by atoms with Crippen molar-refractivity contribution in [2.24, 2.45) is 5.92 Å². The molecule has 0 aromatic carbocycles. The number of likely N-dealkylation sites (tertiary alicyclic amines) is 1. The van der Waals surface area contributed by atoms with Gasteiger partial charge in [0.2, 0.25) is 0 Å². The van der Waals surface area contributed by atoms with E-state index in [-0.39, 0.29) is 11.8 Å². The molecule has 2 rings (SSSR count). The van der Waals surface area contributed by atoms with Crippen LogP contribution in [0.15, 0.2) is 0 Å². The van der Waals surface area contributed by atoms with Crippen LogP contribution in [0.2, 0.25) is 0 Å². The Morgan fingerprint density at radius 1 is 1.00 bits per heavy atom. The fourth-order valence-corrected chi connectivity index (χ4v) is 3.37. The largest absolute Gasteiger partial charge is 0.550 e. The topological polar surface area (TPSA) is 73.7 Å². The number of carboxylic acids is 1. The monoisotopic (exact) mass is 282 g/mol. The molecule has 0 radical (unpaired) electrons. The van der Waals surface area contributed by atoms with Crippen LogP contribution in [-0.2, 0) is 9.59 Å². The molecule has 1 saturated carbocycles. The smallest absolute Gasteiger partial charge is 0.275 e. The molecule has 5 nitrogen and oxygen atoms in total. The maximum Gasteiger partial charge on any atom is 0.275 e. The summed E-state index contributed by atoms with van der Waals surface area (Å²) in [5.74, 6) is -1.13. The highest BCUT2D eigenvalue weighted by Crippen LogP contribution is 2.16. The van der Waals surface area contributed by atoms with Crippen molar-refractivity contribution >= 4 is 11.9 Å². The number of carboxylic acid groups (broad SMARTS) is 1. The number of carbonyl (C=O) groups excluding carboxylic acids is 2. The van der Waals surface area contributed by atoms with E-state index in [0.29, 0.717) is 25.4 Å². The van der Waals surface area contributed by atoms with Crippen molar-refractivity contribution in [2.45, 2.75) is 57.4 Å². The molecule has 5 heteroatoms. The van der Waals surface area contributed by atoms with Gasteiger partial charge in [0.15, 0.2) is 6.54 Å². The van der Waals surface area contributed by atoms with Gasteiger partial charge in [0, 0.05) is 30.8 Å². The number of hydrogen-bond donors (Lipinski definition) is 2. The Kier molecular flexibility index (Phi) is 5.83. The van der Waals surface area contributed by atoms with Crippen LogP contribution in [0.3, 0.4) is 0 Å². The van der Waals surface area contributed by atoms with E-state index in [4.69, 9.17) is 0 Å². The highest BCUT2D eigenvalue weighted by molar-refractivity contribution is 5.77. The van der Waals surface area contributed by atoms with E-state index >= 15 is 0 Å². The molecule has 114 valence electrons. The third-order valence-electron chi connectivity index (χ3n) is 4.66. The lowest BCUT2D eigenvalue weighted by Gasteiger charge is -2.29. The van der Waals surface area contributed by atoms with Crippen LogP contribution < -0.4 is 15.3 Å². The number of carbonyl (C=O) groups is 2. The molecule has 0 aromatic heterocycles. The molecule has 0 bridgehead atoms. The second-order valence-electron chi connectivity index (χ2n) is 6.28. The maximum atomic E-state index is 12.0. The number of piperidine rings is 1. The molecule has 1 saturated heterocycles. The predicted molar refractivity (Wildman–Crippen MR) is 72.9 cm³/mol. The summed E-state index contributed by atoms with van der Waals surface area (Å²) in [4.78, 5) is 24.0. The summed E-state index contributed by atoms with van der Waals surface area (Å²) in [6, 6.07) is 0.352. The Bertz CT molecular complexity index is 330. The predicted octanol–water partition coefficient (Wildman–Crippen LogP) is -1.13. The Morgan fingerprint density at radius 3 is 2.15 bits per heavy atom. The minimum Gasteiger partial charge on any atom is -0.550 e. The third-order valence-corrected chi connectivity index (χ3v) is 4.66. The quantitative estimate of drug-likeness (QED) is 0.641. The third kappa shape index (κ3) is 4.78. The summed E-state index contributed by atoms with van der Waals surface area (Å²) in [6.07, 6.45) is 8.48. The number of nitrogens with one attached hydrogen (secondary N) is 2. The minimum absolute atomic E-state index is 0.124. The van der Waals surface area contributed by atoms with Crippen LogP contribution in [-0.4, -0.2) is 37.6 Å². The van der Waals surface area contributed by atoms with Gasteiger partial charge in [0.25, 0.3) is 5.91 Å². The maximum absolute atomic E-state index is 12.0. The summed E-state index contributed by atoms with van der Waals surface area (Å²) < 4.78 is 0. The molecule has 0 unspecified atom stereocenters. The molecule has 2 N–H and O–H groups in total. The summed E-state index contributed by atoms with van der Waals surface area (Å²) in [5, 5.41) is 13.9. The lowest BCUT2D eigenvalue weighted by atomic mass is 9.97. The van der Waals surface area contributed by atoms with Gasteiger partial charge in [-0.25, -0.2) is 0 Å². The van der Waals surface area contributed by atoms with Gasteiger partial charge in [-0.05, 0) is 12.8 Å². The van der Waals surface area contributed by atoms with Crippen molar-refractivity contribution < 1.29 is 19.6 Å². The first-order chi connectivity index (χ1) is 9.65. The van der Waals surface area contributed by atoms with E-state index < -0.39 is 5.97 Å². The van der Waals surface area contributed by atoms with Gasteiger partial charge in [-0.1, -0.05) is 25.7 Å². The van der Waals surface area contributed by atoms with Crippen molar-refractivity contribution in [3.8, 4) is 0 Å². The van der Waals surface area contributed by atoms with Gasteiger partial charge < -0.3 is 20.1 Å². The van der Waals surface area contributed by atoms with Crippen molar-refractivity contribution in [3.63, 3.8) is 0 Å². The normalized spacial score (nSPS) is 28.6. The molecule has 1 amide bonds. The Labute approximate surface area is 120 Å². The molecule has 0 spiro atoms. The van der Waals surface area contributed by atoms with Crippen molar-refractivity contribution in [1.29, 1.82) is 0 Å². The van der Waals surface area contributed by atoms with Gasteiger partial charge in [-0.2, -0.15) is 0 Å². The molecule has 0 aromatic rings. The zero-order chi connectivity index (χ0) is 14.4. The number of amides is 1. The molecule has 1 aliphatic carbocycles. The Hall–Kier alpha value is -1.10. The van der Waals surface area contributed by atoms with Crippen LogP contribution in [0.1, 0.15) is 51.4 Å². The summed E-state index contributed by atoms with van der Waals surface area (Å²) in [7, 11) is 0. The molecular weight excluding hydrogens is 256 g/mol. The molecule has 20 heavy (non-hydrogen) atoms. The Balaban J connectivity index is 1.68. The lowest BCUT2D eigenvalue weighted by molar-refractivity contribution is -0.898. The second kappa shape index (κ2) is 7.62. The number of rotatable bonds is 4. The van der Waals surface area contributed by atoms with E-state index in [9.17, 15) is 14.7 Å². The Morgan fingerprint density at radius 2 is 1.60 bits per heavy atom. The van der Waals surface area contributed by atoms with E-state index in [1.807, 2.05) is 0 Å². The standard InChI is InChI=1S/C15H26N2O3/c18-14(16-13-5-3-1-2-4-6-13)11-17-9-7-12(8-10-17)15(19)20/h12-13H,1-11H2,(H,16,18)(H,19,20). The molecule has 0 atom stereocenters. The van der Waals surface area contributed by atoms with Crippen LogP contribution >= 0.6 is 0 Å². The van der Waals surface area contributed by atoms with Gasteiger partial charge in [-0.15, -0.1) is 0 Å².